The van der Waals surface area contributed by atoms with Gasteiger partial charge in [0, 0.05) is 23.3 Å². The van der Waals surface area contributed by atoms with Gasteiger partial charge in [-0.05, 0) is 30.2 Å². The quantitative estimate of drug-likeness (QED) is 0.941. The highest BCUT2D eigenvalue weighted by atomic mass is 32.1. The van der Waals surface area contributed by atoms with Crippen molar-refractivity contribution in [1.29, 1.82) is 0 Å². The van der Waals surface area contributed by atoms with Crippen LogP contribution in [0.5, 0.6) is 0 Å². The van der Waals surface area contributed by atoms with E-state index < -0.39 is 0 Å². The van der Waals surface area contributed by atoms with Crippen LogP contribution < -0.4 is 0 Å². The van der Waals surface area contributed by atoms with E-state index >= 15 is 0 Å². The lowest BCUT2D eigenvalue weighted by molar-refractivity contribution is -0.132. The largest absolute Gasteiger partial charge is 0.387 e. The first kappa shape index (κ1) is 14.7. The van der Waals surface area contributed by atoms with Gasteiger partial charge >= 0.3 is 0 Å². The number of hydrogen-bond acceptors (Lipinski definition) is 5. The molecule has 0 radical (unpaired) electrons. The van der Waals surface area contributed by atoms with Crippen LogP contribution in [0.15, 0.2) is 28.4 Å². The summed E-state index contributed by atoms with van der Waals surface area (Å²) in [5.74, 6) is 0.400. The van der Waals surface area contributed by atoms with E-state index in [1.54, 1.807) is 16.8 Å². The monoisotopic (exact) mass is 322 g/mol. The third kappa shape index (κ3) is 3.51. The second-order valence-electron chi connectivity index (χ2n) is 5.34. The SMILES string of the molecule is O=C(Cc1cscn1)N1CCC([C@H](O)c2cccs2)CC1. The lowest BCUT2D eigenvalue weighted by Gasteiger charge is -2.34. The number of thiophene rings is 1. The molecule has 2 aromatic rings. The van der Waals surface area contributed by atoms with Crippen molar-refractivity contribution in [3.8, 4) is 0 Å². The summed E-state index contributed by atoms with van der Waals surface area (Å²) in [7, 11) is 0. The number of piperidine rings is 1. The summed E-state index contributed by atoms with van der Waals surface area (Å²) >= 11 is 3.11. The Bertz CT molecular complexity index is 561. The number of aromatic nitrogens is 1. The van der Waals surface area contributed by atoms with Crippen molar-refractivity contribution < 1.29 is 9.90 Å². The Kier molecular flexibility index (Phi) is 4.67. The first-order chi connectivity index (χ1) is 10.2. The van der Waals surface area contributed by atoms with Crippen LogP contribution in [0.2, 0.25) is 0 Å². The first-order valence-corrected chi connectivity index (χ1v) is 8.92. The zero-order valence-electron chi connectivity index (χ0n) is 11.6. The maximum Gasteiger partial charge on any atom is 0.228 e. The second-order valence-corrected chi connectivity index (χ2v) is 7.03. The molecule has 2 aromatic heterocycles. The molecule has 4 nitrogen and oxygen atoms in total. The molecule has 1 N–H and O–H groups in total. The normalized spacial score (nSPS) is 17.9. The standard InChI is InChI=1S/C15H18N2O2S2/c18-14(8-12-9-20-10-16-12)17-5-3-11(4-6-17)15(19)13-2-1-7-21-13/h1-2,7,9-11,15,19H,3-6,8H2/t15-/m0/s1. The average molecular weight is 322 g/mol. The molecule has 0 bridgehead atoms. The molecule has 0 unspecified atom stereocenters. The van der Waals surface area contributed by atoms with Gasteiger partial charge in [-0.3, -0.25) is 4.79 Å². The number of nitrogens with zero attached hydrogens (tertiary/aromatic N) is 2. The predicted octanol–water partition coefficient (Wildman–Crippen LogP) is 2.72. The highest BCUT2D eigenvalue weighted by Crippen LogP contribution is 2.32. The molecule has 1 amide bonds. The van der Waals surface area contributed by atoms with Crippen LogP contribution in [0.25, 0.3) is 0 Å². The maximum absolute atomic E-state index is 12.2. The highest BCUT2D eigenvalue weighted by molar-refractivity contribution is 7.10. The minimum Gasteiger partial charge on any atom is -0.387 e. The molecule has 1 atom stereocenters. The topological polar surface area (TPSA) is 53.4 Å². The number of hydrogen-bond donors (Lipinski definition) is 1. The van der Waals surface area contributed by atoms with Gasteiger partial charge in [0.2, 0.25) is 5.91 Å². The fraction of sp³-hybridized carbons (Fsp3) is 0.467. The Morgan fingerprint density at radius 3 is 2.90 bits per heavy atom. The number of amides is 1. The summed E-state index contributed by atoms with van der Waals surface area (Å²) < 4.78 is 0. The lowest BCUT2D eigenvalue weighted by Crippen LogP contribution is -2.40. The Labute approximate surface area is 132 Å². The average Bonchev–Trinajstić information content (AvgIpc) is 3.20. The molecule has 3 rings (SSSR count). The Hall–Kier alpha value is -1.24. The molecule has 112 valence electrons. The van der Waals surface area contributed by atoms with Crippen molar-refractivity contribution in [3.05, 3.63) is 39.0 Å². The van der Waals surface area contributed by atoms with Crippen LogP contribution in [0.3, 0.4) is 0 Å². The van der Waals surface area contributed by atoms with Crippen LogP contribution in [0.1, 0.15) is 29.5 Å². The van der Waals surface area contributed by atoms with Gasteiger partial charge in [-0.1, -0.05) is 6.07 Å². The molecule has 0 saturated carbocycles. The van der Waals surface area contributed by atoms with Crippen molar-refractivity contribution in [2.45, 2.75) is 25.4 Å². The van der Waals surface area contributed by atoms with Crippen LogP contribution in [-0.4, -0.2) is 34.0 Å². The summed E-state index contributed by atoms with van der Waals surface area (Å²) in [6.07, 6.45) is 1.73. The molecule has 0 aliphatic carbocycles. The number of carbonyl (C=O) groups is 1. The molecular formula is C15H18N2O2S2. The van der Waals surface area contributed by atoms with E-state index in [9.17, 15) is 9.90 Å². The van der Waals surface area contributed by atoms with E-state index in [-0.39, 0.29) is 17.9 Å². The maximum atomic E-state index is 12.2. The summed E-state index contributed by atoms with van der Waals surface area (Å²) in [5.41, 5.74) is 2.61. The lowest BCUT2D eigenvalue weighted by atomic mass is 9.90. The summed E-state index contributed by atoms with van der Waals surface area (Å²) in [6, 6.07) is 3.95. The molecule has 0 aromatic carbocycles. The Morgan fingerprint density at radius 2 is 2.29 bits per heavy atom. The van der Waals surface area contributed by atoms with Gasteiger partial charge < -0.3 is 10.0 Å². The van der Waals surface area contributed by atoms with Crippen LogP contribution in [-0.2, 0) is 11.2 Å². The van der Waals surface area contributed by atoms with Gasteiger partial charge in [-0.25, -0.2) is 4.98 Å². The van der Waals surface area contributed by atoms with Crippen molar-refractivity contribution >= 4 is 28.6 Å². The minimum absolute atomic E-state index is 0.143. The summed E-state index contributed by atoms with van der Waals surface area (Å²) in [5, 5.41) is 14.3. The van der Waals surface area contributed by atoms with E-state index in [1.165, 1.54) is 11.3 Å². The van der Waals surface area contributed by atoms with E-state index in [1.807, 2.05) is 27.8 Å². The molecule has 1 saturated heterocycles. The number of thiazole rings is 1. The van der Waals surface area contributed by atoms with Gasteiger partial charge in [-0.2, -0.15) is 0 Å². The highest BCUT2D eigenvalue weighted by Gasteiger charge is 2.28. The van der Waals surface area contributed by atoms with E-state index in [4.69, 9.17) is 0 Å². The van der Waals surface area contributed by atoms with E-state index in [2.05, 4.69) is 4.98 Å². The summed E-state index contributed by atoms with van der Waals surface area (Å²) in [4.78, 5) is 19.3. The van der Waals surface area contributed by atoms with Crippen molar-refractivity contribution in [2.24, 2.45) is 5.92 Å². The van der Waals surface area contributed by atoms with Crippen molar-refractivity contribution in [3.63, 3.8) is 0 Å². The van der Waals surface area contributed by atoms with Gasteiger partial charge in [0.05, 0.1) is 23.7 Å². The van der Waals surface area contributed by atoms with E-state index in [0.717, 1.165) is 36.5 Å². The van der Waals surface area contributed by atoms with Gasteiger partial charge in [0.1, 0.15) is 0 Å². The van der Waals surface area contributed by atoms with Crippen molar-refractivity contribution in [1.82, 2.24) is 9.88 Å². The molecule has 21 heavy (non-hydrogen) atoms. The number of likely N-dealkylation sites (tertiary alicyclic amines) is 1. The fourth-order valence-corrected chi connectivity index (χ4v) is 4.11. The van der Waals surface area contributed by atoms with Crippen LogP contribution in [0.4, 0.5) is 0 Å². The third-order valence-corrected chi connectivity index (χ3v) is 5.57. The number of carbonyl (C=O) groups excluding carboxylic acids is 1. The smallest absolute Gasteiger partial charge is 0.228 e. The zero-order chi connectivity index (χ0) is 14.7. The molecule has 1 fully saturated rings. The number of aliphatic hydroxyl groups excluding tert-OH is 1. The molecular weight excluding hydrogens is 304 g/mol. The number of aliphatic hydroxyl groups is 1. The number of rotatable bonds is 4. The molecule has 0 spiro atoms. The van der Waals surface area contributed by atoms with Gasteiger partial charge in [-0.15, -0.1) is 22.7 Å². The minimum atomic E-state index is -0.388. The zero-order valence-corrected chi connectivity index (χ0v) is 13.3. The Balaban J connectivity index is 1.52. The van der Waals surface area contributed by atoms with Gasteiger partial charge in [0.15, 0.2) is 0 Å². The second kappa shape index (κ2) is 6.68. The summed E-state index contributed by atoms with van der Waals surface area (Å²) in [6.45, 7) is 1.46. The Morgan fingerprint density at radius 1 is 1.48 bits per heavy atom. The molecule has 6 heteroatoms. The van der Waals surface area contributed by atoms with Crippen LogP contribution in [0, 0.1) is 5.92 Å². The molecule has 1 aliphatic rings. The fourth-order valence-electron chi connectivity index (χ4n) is 2.75. The molecule has 3 heterocycles. The predicted molar refractivity (Wildman–Crippen MR) is 84.4 cm³/mol. The molecule has 1 aliphatic heterocycles. The van der Waals surface area contributed by atoms with Crippen molar-refractivity contribution in [2.75, 3.05) is 13.1 Å². The third-order valence-electron chi connectivity index (χ3n) is 3.99. The van der Waals surface area contributed by atoms with Gasteiger partial charge in [0.25, 0.3) is 0 Å². The van der Waals surface area contributed by atoms with E-state index in [0.29, 0.717) is 6.42 Å². The van der Waals surface area contributed by atoms with Crippen LogP contribution >= 0.6 is 22.7 Å². The first-order valence-electron chi connectivity index (χ1n) is 7.10.